The fourth-order valence-corrected chi connectivity index (χ4v) is 5.11. The van der Waals surface area contributed by atoms with Crippen LogP contribution in [0.3, 0.4) is 0 Å². The van der Waals surface area contributed by atoms with Gasteiger partial charge in [0.2, 0.25) is 5.91 Å². The maximum atomic E-state index is 12.1. The van der Waals surface area contributed by atoms with Gasteiger partial charge in [0.25, 0.3) is 5.91 Å². The molecule has 0 bridgehead atoms. The smallest absolute Gasteiger partial charge is 0.250 e. The molecule has 6 rings (SSSR count). The minimum absolute atomic E-state index is 0.140. The van der Waals surface area contributed by atoms with Crippen molar-refractivity contribution in [1.29, 1.82) is 0 Å². The summed E-state index contributed by atoms with van der Waals surface area (Å²) in [7, 11) is 0. The molecular formula is C31H25N5O2. The Morgan fingerprint density at radius 1 is 0.842 bits per heavy atom. The van der Waals surface area contributed by atoms with Crippen LogP contribution in [-0.2, 0) is 4.79 Å². The quantitative estimate of drug-likeness (QED) is 0.273. The Hall–Kier alpha value is -5.17. The largest absolute Gasteiger partial charge is 0.384 e. The van der Waals surface area contributed by atoms with E-state index < -0.39 is 11.8 Å². The Kier molecular flexibility index (Phi) is 5.73. The van der Waals surface area contributed by atoms with E-state index in [1.54, 1.807) is 6.07 Å². The number of para-hydroxylation sites is 2. The second kappa shape index (κ2) is 9.37. The molecule has 2 heterocycles. The van der Waals surface area contributed by atoms with Crippen LogP contribution in [0, 0.1) is 0 Å². The molecule has 0 saturated heterocycles. The van der Waals surface area contributed by atoms with Crippen LogP contribution in [0.2, 0.25) is 0 Å². The van der Waals surface area contributed by atoms with Crippen LogP contribution >= 0.6 is 0 Å². The van der Waals surface area contributed by atoms with Gasteiger partial charge in [-0.1, -0.05) is 48.5 Å². The van der Waals surface area contributed by atoms with Crippen molar-refractivity contribution in [3.05, 3.63) is 103 Å². The standard InChI is InChI=1S/C31H25N5O2/c32-29(37)14-15-34-26-17-21(12-13-23(26)31(33)38)36-27-10-4-2-7-24(27)30-22(8-5-11-28(30)36)20-16-19-6-1-3-9-25(19)35-18-20/h1-13,16-18,34H,14-15H2,(H2,32,37)(H2,33,38). The van der Waals surface area contributed by atoms with E-state index in [1.807, 2.05) is 54.7 Å². The highest BCUT2D eigenvalue weighted by Gasteiger charge is 2.18. The number of primary amides is 2. The monoisotopic (exact) mass is 499 g/mol. The molecule has 0 aliphatic carbocycles. The second-order valence-corrected chi connectivity index (χ2v) is 9.21. The first kappa shape index (κ1) is 23.2. The maximum Gasteiger partial charge on any atom is 0.250 e. The minimum Gasteiger partial charge on any atom is -0.384 e. The van der Waals surface area contributed by atoms with E-state index in [0.29, 0.717) is 17.8 Å². The Morgan fingerprint density at radius 3 is 2.47 bits per heavy atom. The number of pyridine rings is 1. The number of nitrogens with zero attached hydrogens (tertiary/aromatic N) is 2. The lowest BCUT2D eigenvalue weighted by atomic mass is 9.99. The average molecular weight is 500 g/mol. The molecule has 38 heavy (non-hydrogen) atoms. The van der Waals surface area contributed by atoms with Crippen molar-refractivity contribution >= 4 is 50.2 Å². The highest BCUT2D eigenvalue weighted by atomic mass is 16.1. The fourth-order valence-electron chi connectivity index (χ4n) is 5.11. The predicted octanol–water partition coefficient (Wildman–Crippen LogP) is 5.39. The van der Waals surface area contributed by atoms with Gasteiger partial charge in [0, 0.05) is 52.3 Å². The number of amides is 2. The van der Waals surface area contributed by atoms with Gasteiger partial charge in [0.05, 0.1) is 22.1 Å². The van der Waals surface area contributed by atoms with Gasteiger partial charge in [-0.15, -0.1) is 0 Å². The van der Waals surface area contributed by atoms with Crippen LogP contribution in [0.15, 0.2) is 97.2 Å². The Labute approximate surface area is 218 Å². The molecule has 0 fully saturated rings. The van der Waals surface area contributed by atoms with E-state index in [-0.39, 0.29) is 6.42 Å². The molecule has 0 atom stereocenters. The SMILES string of the molecule is NC(=O)CCNc1cc(-n2c3ccccc3c3c(-c4cnc5ccccc5c4)cccc32)ccc1C(N)=O. The van der Waals surface area contributed by atoms with Gasteiger partial charge in [0.15, 0.2) is 0 Å². The third-order valence-electron chi connectivity index (χ3n) is 6.81. The molecule has 0 unspecified atom stereocenters. The maximum absolute atomic E-state index is 12.1. The topological polar surface area (TPSA) is 116 Å². The van der Waals surface area contributed by atoms with E-state index in [2.05, 4.69) is 46.3 Å². The van der Waals surface area contributed by atoms with Crippen molar-refractivity contribution in [2.75, 3.05) is 11.9 Å². The first-order valence-corrected chi connectivity index (χ1v) is 12.3. The zero-order chi connectivity index (χ0) is 26.2. The molecule has 0 radical (unpaired) electrons. The molecular weight excluding hydrogens is 474 g/mol. The zero-order valence-corrected chi connectivity index (χ0v) is 20.5. The lowest BCUT2D eigenvalue weighted by Crippen LogP contribution is -2.19. The zero-order valence-electron chi connectivity index (χ0n) is 20.5. The summed E-state index contributed by atoms with van der Waals surface area (Å²) in [6, 6.07) is 30.3. The van der Waals surface area contributed by atoms with Gasteiger partial charge < -0.3 is 21.4 Å². The summed E-state index contributed by atoms with van der Waals surface area (Å²) in [6.45, 7) is 0.297. The van der Waals surface area contributed by atoms with Crippen molar-refractivity contribution in [3.63, 3.8) is 0 Å². The van der Waals surface area contributed by atoms with Crippen LogP contribution in [0.4, 0.5) is 5.69 Å². The summed E-state index contributed by atoms with van der Waals surface area (Å²) in [5.74, 6) is -0.973. The van der Waals surface area contributed by atoms with Crippen LogP contribution < -0.4 is 16.8 Å². The lowest BCUT2D eigenvalue weighted by Gasteiger charge is -2.14. The summed E-state index contributed by atoms with van der Waals surface area (Å²) in [4.78, 5) is 28.1. The van der Waals surface area contributed by atoms with Crippen LogP contribution in [-0.4, -0.2) is 27.9 Å². The molecule has 6 aromatic rings. The van der Waals surface area contributed by atoms with Gasteiger partial charge in [-0.05, 0) is 48.0 Å². The average Bonchev–Trinajstić information content (AvgIpc) is 3.27. The summed E-state index contributed by atoms with van der Waals surface area (Å²) in [5, 5.41) is 6.46. The molecule has 5 N–H and O–H groups in total. The van der Waals surface area contributed by atoms with Crippen molar-refractivity contribution in [1.82, 2.24) is 9.55 Å². The minimum atomic E-state index is -0.550. The van der Waals surface area contributed by atoms with E-state index in [4.69, 9.17) is 16.5 Å². The number of carbonyl (C=O) groups is 2. The number of hydrogen-bond acceptors (Lipinski definition) is 4. The molecule has 2 amide bonds. The summed E-state index contributed by atoms with van der Waals surface area (Å²) >= 11 is 0. The number of anilines is 1. The highest BCUT2D eigenvalue weighted by molar-refractivity contribution is 6.16. The van der Waals surface area contributed by atoms with Crippen molar-refractivity contribution in [2.45, 2.75) is 6.42 Å². The molecule has 2 aromatic heterocycles. The van der Waals surface area contributed by atoms with Crippen LogP contribution in [0.1, 0.15) is 16.8 Å². The normalized spacial score (nSPS) is 11.3. The van der Waals surface area contributed by atoms with E-state index in [9.17, 15) is 9.59 Å². The Morgan fingerprint density at radius 2 is 1.63 bits per heavy atom. The molecule has 7 heteroatoms. The van der Waals surface area contributed by atoms with Gasteiger partial charge in [-0.3, -0.25) is 14.6 Å². The molecule has 4 aromatic carbocycles. The molecule has 0 spiro atoms. The number of rotatable bonds is 7. The van der Waals surface area contributed by atoms with Gasteiger partial charge >= 0.3 is 0 Å². The number of carbonyl (C=O) groups excluding carboxylic acids is 2. The third kappa shape index (κ3) is 4.00. The lowest BCUT2D eigenvalue weighted by molar-refractivity contribution is -0.117. The fraction of sp³-hybridized carbons (Fsp3) is 0.0645. The number of benzene rings is 4. The first-order valence-electron chi connectivity index (χ1n) is 12.3. The predicted molar refractivity (Wildman–Crippen MR) is 152 cm³/mol. The number of hydrogen-bond donors (Lipinski definition) is 3. The van der Waals surface area contributed by atoms with Gasteiger partial charge in [0.1, 0.15) is 0 Å². The van der Waals surface area contributed by atoms with E-state index >= 15 is 0 Å². The summed E-state index contributed by atoms with van der Waals surface area (Å²) in [5.41, 5.74) is 17.8. The van der Waals surface area contributed by atoms with Crippen LogP contribution in [0.25, 0.3) is 49.5 Å². The number of aromatic nitrogens is 2. The molecule has 186 valence electrons. The number of fused-ring (bicyclic) bond motifs is 4. The van der Waals surface area contributed by atoms with Crippen molar-refractivity contribution in [2.24, 2.45) is 11.5 Å². The molecule has 0 aliphatic heterocycles. The third-order valence-corrected chi connectivity index (χ3v) is 6.81. The highest BCUT2D eigenvalue weighted by Crippen LogP contribution is 2.39. The first-order chi connectivity index (χ1) is 18.5. The Balaban J connectivity index is 1.57. The Bertz CT molecular complexity index is 1870. The molecule has 7 nitrogen and oxygen atoms in total. The molecule has 0 aliphatic rings. The summed E-state index contributed by atoms with van der Waals surface area (Å²) in [6.07, 6.45) is 2.06. The van der Waals surface area contributed by atoms with Gasteiger partial charge in [-0.25, -0.2) is 0 Å². The van der Waals surface area contributed by atoms with Crippen molar-refractivity contribution in [3.8, 4) is 16.8 Å². The van der Waals surface area contributed by atoms with E-state index in [0.717, 1.165) is 49.5 Å². The van der Waals surface area contributed by atoms with Gasteiger partial charge in [-0.2, -0.15) is 0 Å². The second-order valence-electron chi connectivity index (χ2n) is 9.21. The van der Waals surface area contributed by atoms with E-state index in [1.165, 1.54) is 0 Å². The number of nitrogens with one attached hydrogen (secondary N) is 1. The summed E-state index contributed by atoms with van der Waals surface area (Å²) < 4.78 is 2.17. The van der Waals surface area contributed by atoms with Crippen LogP contribution in [0.5, 0.6) is 0 Å². The van der Waals surface area contributed by atoms with Crippen molar-refractivity contribution < 1.29 is 9.59 Å². The molecule has 0 saturated carbocycles. The number of nitrogens with two attached hydrogens (primary N) is 2.